The highest BCUT2D eigenvalue weighted by Crippen LogP contribution is 2.35. The fourth-order valence-electron chi connectivity index (χ4n) is 3.03. The molecule has 0 aliphatic carbocycles. The van der Waals surface area contributed by atoms with Crippen molar-refractivity contribution in [3.8, 4) is 23.0 Å². The molecule has 3 rings (SSSR count). The lowest BCUT2D eigenvalue weighted by Crippen LogP contribution is -2.14. The van der Waals surface area contributed by atoms with E-state index in [1.165, 1.54) is 16.7 Å². The van der Waals surface area contributed by atoms with Crippen molar-refractivity contribution in [3.63, 3.8) is 0 Å². The topological polar surface area (TPSA) is 45.1 Å². The average molecular weight is 332 g/mol. The molecule has 25 heavy (non-hydrogen) atoms. The summed E-state index contributed by atoms with van der Waals surface area (Å²) in [5.41, 5.74) is 6.44. The molecular weight excluding hydrogens is 308 g/mol. The molecule has 2 heterocycles. The number of hydrogen-bond acceptors (Lipinski definition) is 3. The smallest absolute Gasteiger partial charge is 0.120 e. The van der Waals surface area contributed by atoms with Crippen LogP contribution in [0.3, 0.4) is 0 Å². The van der Waals surface area contributed by atoms with Crippen molar-refractivity contribution in [1.29, 1.82) is 0 Å². The van der Waals surface area contributed by atoms with E-state index in [-0.39, 0.29) is 5.92 Å². The number of nitrogens with zero attached hydrogens (tertiary/aromatic N) is 1. The molecule has 2 aromatic rings. The molecule has 1 aliphatic heterocycles. The molecule has 1 aromatic heterocycles. The maximum absolute atomic E-state index is 9.80. The summed E-state index contributed by atoms with van der Waals surface area (Å²) in [6.45, 7) is 12.5. The second kappa shape index (κ2) is 6.38. The summed E-state index contributed by atoms with van der Waals surface area (Å²) in [6, 6.07) is 10.3. The molecule has 3 nitrogen and oxygen atoms in total. The van der Waals surface area contributed by atoms with Crippen molar-refractivity contribution in [2.45, 2.75) is 45.8 Å². The van der Waals surface area contributed by atoms with Gasteiger partial charge in [0.25, 0.3) is 0 Å². The second-order valence-electron chi connectivity index (χ2n) is 7.26. The molecular formula is C22H24N2O. The van der Waals surface area contributed by atoms with Gasteiger partial charge in [0.1, 0.15) is 11.3 Å². The van der Waals surface area contributed by atoms with Gasteiger partial charge in [-0.1, -0.05) is 44.5 Å². The van der Waals surface area contributed by atoms with E-state index in [0.29, 0.717) is 5.69 Å². The molecule has 0 radical (unpaired) electrons. The largest absolute Gasteiger partial charge is 0.381 e. The maximum atomic E-state index is 9.80. The SMILES string of the molecule is C=C1NCc2c1cccc2-c1ccc(C#CC(C)(C)O)nc1C(C)C. The first-order valence-electron chi connectivity index (χ1n) is 8.58. The molecule has 0 amide bonds. The van der Waals surface area contributed by atoms with Crippen LogP contribution in [-0.4, -0.2) is 15.7 Å². The Labute approximate surface area is 149 Å². The van der Waals surface area contributed by atoms with Crippen LogP contribution in [0.1, 0.15) is 56.1 Å². The Morgan fingerprint density at radius 1 is 1.16 bits per heavy atom. The van der Waals surface area contributed by atoms with E-state index in [4.69, 9.17) is 4.98 Å². The first-order chi connectivity index (χ1) is 11.8. The minimum atomic E-state index is -1.02. The predicted octanol–water partition coefficient (Wildman–Crippen LogP) is 4.07. The van der Waals surface area contributed by atoms with Crippen LogP contribution in [0.15, 0.2) is 36.9 Å². The third kappa shape index (κ3) is 3.60. The lowest BCUT2D eigenvalue weighted by Gasteiger charge is -2.15. The minimum absolute atomic E-state index is 0.271. The Bertz CT molecular complexity index is 892. The summed E-state index contributed by atoms with van der Waals surface area (Å²) < 4.78 is 0. The van der Waals surface area contributed by atoms with E-state index < -0.39 is 5.60 Å². The number of nitrogens with one attached hydrogen (secondary N) is 1. The highest BCUT2D eigenvalue weighted by atomic mass is 16.3. The highest BCUT2D eigenvalue weighted by molar-refractivity contribution is 5.80. The van der Waals surface area contributed by atoms with Crippen LogP contribution in [-0.2, 0) is 6.54 Å². The maximum Gasteiger partial charge on any atom is 0.120 e. The summed E-state index contributed by atoms with van der Waals surface area (Å²) in [4.78, 5) is 4.77. The molecule has 0 saturated heterocycles. The summed E-state index contributed by atoms with van der Waals surface area (Å²) in [6.07, 6.45) is 0. The van der Waals surface area contributed by atoms with Crippen LogP contribution in [0.25, 0.3) is 16.8 Å². The van der Waals surface area contributed by atoms with E-state index in [0.717, 1.165) is 23.5 Å². The van der Waals surface area contributed by atoms with Gasteiger partial charge in [0.05, 0.1) is 5.69 Å². The third-order valence-corrected chi connectivity index (χ3v) is 4.24. The van der Waals surface area contributed by atoms with Gasteiger partial charge in [-0.05, 0) is 48.9 Å². The van der Waals surface area contributed by atoms with Gasteiger partial charge in [-0.3, -0.25) is 0 Å². The number of aromatic nitrogens is 1. The molecule has 0 saturated carbocycles. The molecule has 0 unspecified atom stereocenters. The van der Waals surface area contributed by atoms with Gasteiger partial charge in [-0.2, -0.15) is 0 Å². The van der Waals surface area contributed by atoms with Crippen molar-refractivity contribution in [3.05, 3.63) is 59.4 Å². The molecule has 128 valence electrons. The molecule has 3 heteroatoms. The van der Waals surface area contributed by atoms with Gasteiger partial charge in [-0.15, -0.1) is 0 Å². The van der Waals surface area contributed by atoms with Gasteiger partial charge >= 0.3 is 0 Å². The highest BCUT2D eigenvalue weighted by Gasteiger charge is 2.20. The van der Waals surface area contributed by atoms with Crippen LogP contribution in [0.2, 0.25) is 0 Å². The van der Waals surface area contributed by atoms with E-state index in [1.54, 1.807) is 13.8 Å². The van der Waals surface area contributed by atoms with Crippen molar-refractivity contribution in [2.75, 3.05) is 0 Å². The zero-order valence-corrected chi connectivity index (χ0v) is 15.3. The fourth-order valence-corrected chi connectivity index (χ4v) is 3.03. The molecule has 0 bridgehead atoms. The number of fused-ring (bicyclic) bond motifs is 1. The Morgan fingerprint density at radius 3 is 2.56 bits per heavy atom. The summed E-state index contributed by atoms with van der Waals surface area (Å²) in [5.74, 6) is 6.08. The van der Waals surface area contributed by atoms with Gasteiger partial charge in [-0.25, -0.2) is 4.98 Å². The van der Waals surface area contributed by atoms with E-state index in [1.807, 2.05) is 6.07 Å². The van der Waals surface area contributed by atoms with E-state index in [2.05, 4.69) is 61.8 Å². The van der Waals surface area contributed by atoms with E-state index >= 15 is 0 Å². The molecule has 1 aliphatic rings. The minimum Gasteiger partial charge on any atom is -0.381 e. The van der Waals surface area contributed by atoms with Gasteiger partial charge < -0.3 is 10.4 Å². The predicted molar refractivity (Wildman–Crippen MR) is 103 cm³/mol. The lowest BCUT2D eigenvalue weighted by atomic mass is 9.92. The molecule has 0 spiro atoms. The first-order valence-corrected chi connectivity index (χ1v) is 8.58. The average Bonchev–Trinajstić information content (AvgIpc) is 2.93. The second-order valence-corrected chi connectivity index (χ2v) is 7.26. The van der Waals surface area contributed by atoms with Crippen LogP contribution < -0.4 is 5.32 Å². The van der Waals surface area contributed by atoms with Gasteiger partial charge in [0, 0.05) is 23.4 Å². The van der Waals surface area contributed by atoms with E-state index in [9.17, 15) is 5.11 Å². The lowest BCUT2D eigenvalue weighted by molar-refractivity contribution is 0.143. The van der Waals surface area contributed by atoms with Crippen molar-refractivity contribution in [1.82, 2.24) is 10.3 Å². The monoisotopic (exact) mass is 332 g/mol. The summed E-state index contributed by atoms with van der Waals surface area (Å²) in [7, 11) is 0. The van der Waals surface area contributed by atoms with Gasteiger partial charge in [0.2, 0.25) is 0 Å². The van der Waals surface area contributed by atoms with Gasteiger partial charge in [0.15, 0.2) is 0 Å². The third-order valence-electron chi connectivity index (χ3n) is 4.24. The van der Waals surface area contributed by atoms with Crippen LogP contribution >= 0.6 is 0 Å². The molecule has 0 fully saturated rings. The van der Waals surface area contributed by atoms with Crippen LogP contribution in [0, 0.1) is 11.8 Å². The van der Waals surface area contributed by atoms with Crippen LogP contribution in [0.4, 0.5) is 0 Å². The Morgan fingerprint density at radius 2 is 1.88 bits per heavy atom. The number of pyridine rings is 1. The van der Waals surface area contributed by atoms with Crippen molar-refractivity contribution < 1.29 is 5.11 Å². The van der Waals surface area contributed by atoms with Crippen LogP contribution in [0.5, 0.6) is 0 Å². The quantitative estimate of drug-likeness (QED) is 0.815. The molecule has 0 atom stereocenters. The number of benzene rings is 1. The number of aliphatic hydroxyl groups is 1. The molecule has 2 N–H and O–H groups in total. The Kier molecular flexibility index (Phi) is 4.41. The number of hydrogen-bond donors (Lipinski definition) is 2. The standard InChI is InChI=1S/C22H24N2O/c1-14(2)21-19(10-9-16(24-21)11-12-22(4,5)25)18-8-6-7-17-15(3)23-13-20(17)18/h6-10,14,23,25H,3,13H2,1-2,4-5H3. The number of rotatable bonds is 2. The Hall–Kier alpha value is -2.57. The van der Waals surface area contributed by atoms with Crippen molar-refractivity contribution in [2.24, 2.45) is 0 Å². The Balaban J connectivity index is 2.12. The summed E-state index contributed by atoms with van der Waals surface area (Å²) in [5, 5.41) is 13.1. The normalized spacial score (nSPS) is 13.3. The zero-order chi connectivity index (χ0) is 18.2. The first kappa shape index (κ1) is 17.3. The summed E-state index contributed by atoms with van der Waals surface area (Å²) >= 11 is 0. The zero-order valence-electron chi connectivity index (χ0n) is 15.3. The van der Waals surface area contributed by atoms with Crippen molar-refractivity contribution >= 4 is 5.70 Å². The molecule has 1 aromatic carbocycles. The fraction of sp³-hybridized carbons (Fsp3) is 0.318.